The van der Waals surface area contributed by atoms with E-state index in [1.165, 1.54) is 0 Å². The zero-order valence-corrected chi connectivity index (χ0v) is 23.6. The van der Waals surface area contributed by atoms with Crippen molar-refractivity contribution in [1.82, 2.24) is 25.2 Å². The van der Waals surface area contributed by atoms with E-state index in [-0.39, 0.29) is 18.0 Å². The van der Waals surface area contributed by atoms with E-state index in [4.69, 9.17) is 11.6 Å². The first-order valence-electron chi connectivity index (χ1n) is 14.2. The number of nitrogens with zero attached hydrogens (tertiary/aromatic N) is 5. The number of para-hydroxylation sites is 1. The highest BCUT2D eigenvalue weighted by atomic mass is 35.5. The van der Waals surface area contributed by atoms with E-state index in [0.29, 0.717) is 17.3 Å². The summed E-state index contributed by atoms with van der Waals surface area (Å²) in [6.45, 7) is 3.62. The van der Waals surface area contributed by atoms with E-state index in [9.17, 15) is 10.1 Å². The first kappa shape index (κ1) is 27.1. The largest absolute Gasteiger partial charge is 0.368 e. The van der Waals surface area contributed by atoms with Gasteiger partial charge in [-0.15, -0.1) is 0 Å². The van der Waals surface area contributed by atoms with Crippen LogP contribution in [0.3, 0.4) is 0 Å². The van der Waals surface area contributed by atoms with Gasteiger partial charge in [-0.25, -0.2) is 9.97 Å². The van der Waals surface area contributed by atoms with E-state index < -0.39 is 0 Å². The van der Waals surface area contributed by atoms with Gasteiger partial charge in [-0.05, 0) is 67.6 Å². The summed E-state index contributed by atoms with van der Waals surface area (Å²) in [6, 6.07) is 18.3. The van der Waals surface area contributed by atoms with Crippen LogP contribution in [0.4, 0.5) is 11.5 Å². The molecule has 3 N–H and O–H groups in total. The molecule has 3 aromatic heterocycles. The van der Waals surface area contributed by atoms with Crippen LogP contribution in [-0.4, -0.2) is 70.6 Å². The van der Waals surface area contributed by atoms with Crippen LogP contribution in [-0.2, 0) is 4.79 Å². The molecule has 0 radical (unpaired) electrons. The molecule has 2 aliphatic rings. The van der Waals surface area contributed by atoms with E-state index in [2.05, 4.69) is 41.5 Å². The van der Waals surface area contributed by atoms with Gasteiger partial charge in [-0.2, -0.15) is 5.26 Å². The maximum atomic E-state index is 12.8. The Hall–Kier alpha value is -4.13. The number of pyridine rings is 2. The number of piperazine rings is 1. The van der Waals surface area contributed by atoms with E-state index >= 15 is 0 Å². The Kier molecular flexibility index (Phi) is 8.03. The molecule has 1 saturated heterocycles. The Labute approximate surface area is 244 Å². The maximum absolute atomic E-state index is 12.8. The molecule has 1 aliphatic heterocycles. The monoisotopic (exact) mass is 568 g/mol. The number of H-pyrrole nitrogens is 1. The third-order valence-electron chi connectivity index (χ3n) is 8.11. The van der Waals surface area contributed by atoms with Crippen molar-refractivity contribution < 1.29 is 4.79 Å². The van der Waals surface area contributed by atoms with Crippen LogP contribution in [0.2, 0.25) is 5.15 Å². The molecule has 0 atom stereocenters. The third-order valence-corrected chi connectivity index (χ3v) is 8.30. The number of carbonyl (C=O) groups excluding carboxylic acids is 1. The summed E-state index contributed by atoms with van der Waals surface area (Å²) in [5.41, 5.74) is 4.54. The number of nitriles is 1. The summed E-state index contributed by atoms with van der Waals surface area (Å²) in [6.07, 6.45) is 7.46. The smallest absolute Gasteiger partial charge is 0.234 e. The van der Waals surface area contributed by atoms with Gasteiger partial charge in [0.1, 0.15) is 22.7 Å². The lowest BCUT2D eigenvalue weighted by Crippen LogP contribution is -2.51. The minimum Gasteiger partial charge on any atom is -0.368 e. The van der Waals surface area contributed by atoms with Gasteiger partial charge in [0.05, 0.1) is 17.8 Å². The molecule has 0 unspecified atom stereocenters. The van der Waals surface area contributed by atoms with Crippen molar-refractivity contribution in [2.24, 2.45) is 0 Å². The molecule has 0 bridgehead atoms. The molecule has 2 fully saturated rings. The lowest BCUT2D eigenvalue weighted by Gasteiger charge is -2.36. The molecule has 6 rings (SSSR count). The van der Waals surface area contributed by atoms with Gasteiger partial charge in [0, 0.05) is 61.6 Å². The molecular formula is C31H33ClN8O. The lowest BCUT2D eigenvalue weighted by molar-refractivity contribution is -0.123. The molecule has 0 spiro atoms. The Balaban J connectivity index is 0.971. The Bertz CT molecular complexity index is 1560. The fraction of sp³-hybridized carbons (Fsp3) is 0.355. The predicted octanol–water partition coefficient (Wildman–Crippen LogP) is 4.81. The number of hydrogen-bond acceptors (Lipinski definition) is 7. The minimum atomic E-state index is 0.0849. The zero-order chi connectivity index (χ0) is 28.2. The summed E-state index contributed by atoms with van der Waals surface area (Å²) in [5.74, 6) is 0.844. The molecule has 1 amide bonds. The SMILES string of the molecule is N#Cc1ccccc1N1CCN(CC(=O)N[C@H]2CC[C@H](Nc3cc(-c4c[nH]c5ncccc45)cc(Cl)n3)CC2)CC1. The summed E-state index contributed by atoms with van der Waals surface area (Å²) >= 11 is 6.41. The number of rotatable bonds is 7. The number of aromatic nitrogens is 3. The Morgan fingerprint density at radius 2 is 1.83 bits per heavy atom. The van der Waals surface area contributed by atoms with Crippen LogP contribution in [0.15, 0.2) is 60.9 Å². The van der Waals surface area contributed by atoms with Gasteiger partial charge in [-0.3, -0.25) is 9.69 Å². The van der Waals surface area contributed by atoms with Gasteiger partial charge in [0.2, 0.25) is 5.91 Å². The summed E-state index contributed by atoms with van der Waals surface area (Å²) < 4.78 is 0. The van der Waals surface area contributed by atoms with Crippen LogP contribution in [0.5, 0.6) is 0 Å². The molecule has 9 nitrogen and oxygen atoms in total. The fourth-order valence-corrected chi connectivity index (χ4v) is 6.19. The van der Waals surface area contributed by atoms with Crippen molar-refractivity contribution in [3.63, 3.8) is 0 Å². The summed E-state index contributed by atoms with van der Waals surface area (Å²) in [4.78, 5) is 29.4. The second kappa shape index (κ2) is 12.2. The molecule has 10 heteroatoms. The summed E-state index contributed by atoms with van der Waals surface area (Å²) in [7, 11) is 0. The molecule has 1 aromatic carbocycles. The second-order valence-electron chi connectivity index (χ2n) is 10.8. The zero-order valence-electron chi connectivity index (χ0n) is 22.8. The third kappa shape index (κ3) is 6.29. The highest BCUT2D eigenvalue weighted by molar-refractivity contribution is 6.29. The minimum absolute atomic E-state index is 0.0849. The van der Waals surface area contributed by atoms with Gasteiger partial charge >= 0.3 is 0 Å². The molecule has 41 heavy (non-hydrogen) atoms. The van der Waals surface area contributed by atoms with Crippen molar-refractivity contribution in [1.29, 1.82) is 5.26 Å². The Morgan fingerprint density at radius 1 is 1.05 bits per heavy atom. The molecule has 1 aliphatic carbocycles. The van der Waals surface area contributed by atoms with E-state index in [1.807, 2.05) is 54.7 Å². The number of amides is 1. The topological polar surface area (TPSA) is 113 Å². The van der Waals surface area contributed by atoms with Crippen LogP contribution in [0.25, 0.3) is 22.2 Å². The number of aromatic amines is 1. The van der Waals surface area contributed by atoms with Crippen LogP contribution in [0.1, 0.15) is 31.2 Å². The van der Waals surface area contributed by atoms with Gasteiger partial charge in [0.25, 0.3) is 0 Å². The van der Waals surface area contributed by atoms with E-state index in [1.54, 1.807) is 6.20 Å². The predicted molar refractivity (Wildman–Crippen MR) is 162 cm³/mol. The summed E-state index contributed by atoms with van der Waals surface area (Å²) in [5, 5.41) is 17.7. The average molecular weight is 569 g/mol. The Morgan fingerprint density at radius 3 is 2.63 bits per heavy atom. The standard InChI is InChI=1S/C31H33ClN8O/c32-28-16-22(26-19-35-31-25(26)5-3-11-34-31)17-29(38-28)36-23-7-9-24(10-8-23)37-30(41)20-39-12-14-40(15-13-39)27-6-2-1-4-21(27)18-33/h1-6,11,16-17,19,23-24H,7-10,12-15,20H2,(H,34,35)(H,36,38)(H,37,41)/t23-,24-. The van der Waals surface area contributed by atoms with E-state index in [0.717, 1.165) is 85.5 Å². The fourth-order valence-electron chi connectivity index (χ4n) is 5.98. The number of benzene rings is 1. The van der Waals surface area contributed by atoms with Crippen LogP contribution >= 0.6 is 11.6 Å². The first-order valence-corrected chi connectivity index (χ1v) is 14.6. The van der Waals surface area contributed by atoms with Crippen molar-refractivity contribution in [2.45, 2.75) is 37.8 Å². The molecule has 1 saturated carbocycles. The van der Waals surface area contributed by atoms with Crippen LogP contribution in [0, 0.1) is 11.3 Å². The molecule has 4 aromatic rings. The van der Waals surface area contributed by atoms with Gasteiger partial charge < -0.3 is 20.5 Å². The van der Waals surface area contributed by atoms with Crippen molar-refractivity contribution in [3.8, 4) is 17.2 Å². The second-order valence-corrected chi connectivity index (χ2v) is 11.2. The van der Waals surface area contributed by atoms with Crippen molar-refractivity contribution in [3.05, 3.63) is 71.6 Å². The van der Waals surface area contributed by atoms with Gasteiger partial charge in [0.15, 0.2) is 0 Å². The van der Waals surface area contributed by atoms with Gasteiger partial charge in [-0.1, -0.05) is 23.7 Å². The molecule has 210 valence electrons. The quantitative estimate of drug-likeness (QED) is 0.274. The number of hydrogen-bond donors (Lipinski definition) is 3. The number of anilines is 2. The highest BCUT2D eigenvalue weighted by Crippen LogP contribution is 2.31. The van der Waals surface area contributed by atoms with Crippen LogP contribution < -0.4 is 15.5 Å². The number of fused-ring (bicyclic) bond motifs is 1. The molecule has 4 heterocycles. The first-order chi connectivity index (χ1) is 20.1. The normalized spacial score (nSPS) is 19.6. The maximum Gasteiger partial charge on any atom is 0.234 e. The highest BCUT2D eigenvalue weighted by Gasteiger charge is 2.25. The van der Waals surface area contributed by atoms with Crippen molar-refractivity contribution >= 4 is 40.0 Å². The lowest BCUT2D eigenvalue weighted by atomic mass is 9.91. The molecular weight excluding hydrogens is 536 g/mol. The number of halogens is 1. The average Bonchev–Trinajstić information content (AvgIpc) is 3.43. The number of carbonyl (C=O) groups is 1. The number of nitrogens with one attached hydrogen (secondary N) is 3. The van der Waals surface area contributed by atoms with Crippen molar-refractivity contribution in [2.75, 3.05) is 42.9 Å².